The number of carboxylic acid groups (broad SMARTS) is 1. The Morgan fingerprint density at radius 3 is 2.50 bits per heavy atom. The number of hydrogen-bond donors (Lipinski definition) is 4. The Bertz CT molecular complexity index is 511. The summed E-state index contributed by atoms with van der Waals surface area (Å²) in [6.45, 7) is 0. The molecule has 8 heteroatoms. The fourth-order valence-corrected chi connectivity index (χ4v) is 1.52. The van der Waals surface area contributed by atoms with Crippen LogP contribution in [0.3, 0.4) is 0 Å². The standard InChI is InChI=1S/C8H10N2O5S/c1-9-16(14,15)10-5-2-3-7(11)6(4-5)8(12)13/h2-4,9-11H,1H3,(H,12,13). The lowest BCUT2D eigenvalue weighted by Gasteiger charge is -2.07. The summed E-state index contributed by atoms with van der Waals surface area (Å²) < 4.78 is 26.3. The summed E-state index contributed by atoms with van der Waals surface area (Å²) in [5.74, 6) is -1.78. The Hall–Kier alpha value is -1.80. The number of aromatic carboxylic acids is 1. The number of carbonyl (C=O) groups is 1. The first-order chi connectivity index (χ1) is 7.35. The molecule has 0 aliphatic heterocycles. The van der Waals surface area contributed by atoms with Crippen molar-refractivity contribution in [1.82, 2.24) is 4.72 Å². The van der Waals surface area contributed by atoms with Gasteiger partial charge in [-0.15, -0.1) is 0 Å². The Morgan fingerprint density at radius 1 is 1.38 bits per heavy atom. The zero-order chi connectivity index (χ0) is 12.3. The lowest BCUT2D eigenvalue weighted by atomic mass is 10.2. The number of nitrogens with one attached hydrogen (secondary N) is 2. The Labute approximate surface area is 91.9 Å². The summed E-state index contributed by atoms with van der Waals surface area (Å²) >= 11 is 0. The molecule has 0 saturated heterocycles. The lowest BCUT2D eigenvalue weighted by molar-refractivity contribution is 0.0694. The van der Waals surface area contributed by atoms with E-state index in [-0.39, 0.29) is 11.3 Å². The first-order valence-corrected chi connectivity index (χ1v) is 5.61. The Morgan fingerprint density at radius 2 is 2.00 bits per heavy atom. The van der Waals surface area contributed by atoms with Gasteiger partial charge in [-0.05, 0) is 18.2 Å². The Kier molecular flexibility index (Phi) is 3.35. The smallest absolute Gasteiger partial charge is 0.339 e. The quantitative estimate of drug-likeness (QED) is 0.556. The molecule has 0 aliphatic carbocycles. The molecule has 0 saturated carbocycles. The van der Waals surface area contributed by atoms with Crippen LogP contribution in [-0.2, 0) is 10.2 Å². The highest BCUT2D eigenvalue weighted by atomic mass is 32.2. The van der Waals surface area contributed by atoms with Crippen molar-refractivity contribution in [3.8, 4) is 5.75 Å². The second-order valence-electron chi connectivity index (χ2n) is 2.85. The summed E-state index contributed by atoms with van der Waals surface area (Å²) in [5, 5.41) is 17.9. The zero-order valence-electron chi connectivity index (χ0n) is 8.26. The van der Waals surface area contributed by atoms with Crippen LogP contribution in [-0.4, -0.2) is 31.6 Å². The third kappa shape index (κ3) is 2.84. The van der Waals surface area contributed by atoms with Gasteiger partial charge in [0.15, 0.2) is 0 Å². The van der Waals surface area contributed by atoms with Crippen LogP contribution in [0.4, 0.5) is 5.69 Å². The van der Waals surface area contributed by atoms with Gasteiger partial charge < -0.3 is 10.2 Å². The number of rotatable bonds is 4. The van der Waals surface area contributed by atoms with Crippen molar-refractivity contribution in [3.63, 3.8) is 0 Å². The number of phenols is 1. The van der Waals surface area contributed by atoms with E-state index in [9.17, 15) is 18.3 Å². The molecule has 0 radical (unpaired) electrons. The topological polar surface area (TPSA) is 116 Å². The average molecular weight is 246 g/mol. The highest BCUT2D eigenvalue weighted by molar-refractivity contribution is 7.90. The van der Waals surface area contributed by atoms with Crippen molar-refractivity contribution in [3.05, 3.63) is 23.8 Å². The van der Waals surface area contributed by atoms with E-state index < -0.39 is 21.9 Å². The summed E-state index contributed by atoms with van der Waals surface area (Å²) in [6.07, 6.45) is 0. The van der Waals surface area contributed by atoms with Crippen molar-refractivity contribution in [2.24, 2.45) is 0 Å². The molecule has 4 N–H and O–H groups in total. The van der Waals surface area contributed by atoms with Crippen molar-refractivity contribution in [2.45, 2.75) is 0 Å². The fraction of sp³-hybridized carbons (Fsp3) is 0.125. The molecule has 1 aromatic carbocycles. The van der Waals surface area contributed by atoms with Gasteiger partial charge >= 0.3 is 5.97 Å². The van der Waals surface area contributed by atoms with Crippen molar-refractivity contribution in [1.29, 1.82) is 0 Å². The van der Waals surface area contributed by atoms with Crippen LogP contribution in [0, 0.1) is 0 Å². The highest BCUT2D eigenvalue weighted by Gasteiger charge is 2.12. The third-order valence-electron chi connectivity index (χ3n) is 1.75. The summed E-state index contributed by atoms with van der Waals surface area (Å²) in [7, 11) is -2.49. The molecule has 16 heavy (non-hydrogen) atoms. The highest BCUT2D eigenvalue weighted by Crippen LogP contribution is 2.21. The maximum absolute atomic E-state index is 11.1. The third-order valence-corrected chi connectivity index (χ3v) is 2.79. The van der Waals surface area contributed by atoms with Gasteiger partial charge in [-0.25, -0.2) is 9.52 Å². The number of carboxylic acids is 1. The number of benzene rings is 1. The molecule has 0 bridgehead atoms. The first-order valence-electron chi connectivity index (χ1n) is 4.13. The first kappa shape index (κ1) is 12.3. The minimum absolute atomic E-state index is 0.0459. The lowest BCUT2D eigenvalue weighted by Crippen LogP contribution is -2.26. The molecule has 0 unspecified atom stereocenters. The van der Waals surface area contributed by atoms with Crippen molar-refractivity contribution in [2.75, 3.05) is 11.8 Å². The van der Waals surface area contributed by atoms with Crippen LogP contribution < -0.4 is 9.44 Å². The van der Waals surface area contributed by atoms with E-state index in [2.05, 4.69) is 4.72 Å². The maximum atomic E-state index is 11.1. The second-order valence-corrected chi connectivity index (χ2v) is 4.47. The molecular weight excluding hydrogens is 236 g/mol. The normalized spacial score (nSPS) is 11.1. The minimum atomic E-state index is -3.70. The van der Waals surface area contributed by atoms with Crippen LogP contribution in [0.25, 0.3) is 0 Å². The molecule has 0 atom stereocenters. The SMILES string of the molecule is CNS(=O)(=O)Nc1ccc(O)c(C(=O)O)c1. The van der Waals surface area contributed by atoms with Crippen molar-refractivity contribution < 1.29 is 23.4 Å². The maximum Gasteiger partial charge on any atom is 0.339 e. The minimum Gasteiger partial charge on any atom is -0.507 e. The van der Waals surface area contributed by atoms with Gasteiger partial charge in [0.05, 0.1) is 5.69 Å². The van der Waals surface area contributed by atoms with Gasteiger partial charge in [0, 0.05) is 7.05 Å². The van der Waals surface area contributed by atoms with Gasteiger partial charge in [-0.2, -0.15) is 8.42 Å². The fourth-order valence-electron chi connectivity index (χ4n) is 0.977. The van der Waals surface area contributed by atoms with E-state index in [1.807, 2.05) is 4.72 Å². The summed E-state index contributed by atoms with van der Waals surface area (Å²) in [4.78, 5) is 10.7. The largest absolute Gasteiger partial charge is 0.507 e. The molecule has 0 spiro atoms. The molecule has 1 rings (SSSR count). The average Bonchev–Trinajstić information content (AvgIpc) is 2.20. The van der Waals surface area contributed by atoms with Gasteiger partial charge in [0.2, 0.25) is 0 Å². The zero-order valence-corrected chi connectivity index (χ0v) is 9.08. The van der Waals surface area contributed by atoms with E-state index >= 15 is 0 Å². The van der Waals surface area contributed by atoms with E-state index in [4.69, 9.17) is 5.11 Å². The van der Waals surface area contributed by atoms with Gasteiger partial charge in [-0.3, -0.25) is 4.72 Å². The van der Waals surface area contributed by atoms with E-state index in [1.54, 1.807) is 0 Å². The predicted octanol–water partition coefficient (Wildman–Crippen LogP) is -0.0335. The van der Waals surface area contributed by atoms with Crippen LogP contribution >= 0.6 is 0 Å². The van der Waals surface area contributed by atoms with Gasteiger partial charge in [-0.1, -0.05) is 0 Å². The van der Waals surface area contributed by atoms with Gasteiger partial charge in [0.1, 0.15) is 11.3 Å². The molecule has 1 aromatic rings. The number of aromatic hydroxyl groups is 1. The summed E-state index contributed by atoms with van der Waals surface area (Å²) in [6, 6.07) is 3.36. The number of hydrogen-bond acceptors (Lipinski definition) is 4. The molecular formula is C8H10N2O5S. The van der Waals surface area contributed by atoms with Crippen LogP contribution in [0.1, 0.15) is 10.4 Å². The molecule has 0 heterocycles. The molecule has 7 nitrogen and oxygen atoms in total. The molecule has 0 fully saturated rings. The molecule has 88 valence electrons. The van der Waals surface area contributed by atoms with E-state index in [1.165, 1.54) is 13.1 Å². The summed E-state index contributed by atoms with van der Waals surface area (Å²) in [5.41, 5.74) is -0.333. The van der Waals surface area contributed by atoms with Crippen LogP contribution in [0.2, 0.25) is 0 Å². The van der Waals surface area contributed by atoms with E-state index in [0.29, 0.717) is 0 Å². The Balaban J connectivity index is 3.09. The number of anilines is 1. The second kappa shape index (κ2) is 4.37. The monoisotopic (exact) mass is 246 g/mol. The molecule has 0 amide bonds. The predicted molar refractivity (Wildman–Crippen MR) is 56.7 cm³/mol. The molecule has 0 aliphatic rings. The van der Waals surface area contributed by atoms with Crippen molar-refractivity contribution >= 4 is 21.9 Å². The van der Waals surface area contributed by atoms with E-state index in [0.717, 1.165) is 12.1 Å². The van der Waals surface area contributed by atoms with Gasteiger partial charge in [0.25, 0.3) is 10.2 Å². The van der Waals surface area contributed by atoms with Crippen LogP contribution in [0.15, 0.2) is 18.2 Å². The van der Waals surface area contributed by atoms with Crippen LogP contribution in [0.5, 0.6) is 5.75 Å². The molecule has 0 aromatic heterocycles.